The number of hydrogen-bond acceptors (Lipinski definition) is 2. The van der Waals surface area contributed by atoms with Gasteiger partial charge in [-0.3, -0.25) is 4.79 Å². The van der Waals surface area contributed by atoms with E-state index in [1.165, 1.54) is 45.9 Å². The maximum Gasteiger partial charge on any atom is 0.313 e. The van der Waals surface area contributed by atoms with Gasteiger partial charge in [0.2, 0.25) is 0 Å². The molecule has 1 aromatic rings. The first-order chi connectivity index (χ1) is 7.56. The smallest absolute Gasteiger partial charge is 0.313 e. The molecule has 0 aromatic heterocycles. The van der Waals surface area contributed by atoms with Gasteiger partial charge in [0, 0.05) is 5.56 Å². The normalized spacial score (nSPS) is 12.5. The first kappa shape index (κ1) is 13.5. The largest absolute Gasteiger partial charge is 0.508 e. The van der Waals surface area contributed by atoms with Gasteiger partial charge in [0.15, 0.2) is 0 Å². The van der Waals surface area contributed by atoms with Crippen LogP contribution in [0.4, 0.5) is 4.39 Å². The van der Waals surface area contributed by atoms with Crippen LogP contribution in [0, 0.1) is 0 Å². The Morgan fingerprint density at radius 2 is 1.76 bits per heavy atom. The molecule has 0 saturated carbocycles. The summed E-state index contributed by atoms with van der Waals surface area (Å²) in [6, 6.07) is 4.19. The highest BCUT2D eigenvalue weighted by Gasteiger charge is 2.33. The third-order valence-corrected chi connectivity index (χ3v) is 2.89. The third-order valence-electron chi connectivity index (χ3n) is 2.89. The standard InChI is InChI=1S/C13H17FO3/c1-12(2,11(16)17)9-7-8(13(3,4)14)5-6-10(9)15/h5-7,15H,1-4H3,(H,16,17). The Bertz CT molecular complexity index is 444. The van der Waals surface area contributed by atoms with Crippen molar-refractivity contribution in [1.82, 2.24) is 0 Å². The Morgan fingerprint density at radius 1 is 1.24 bits per heavy atom. The van der Waals surface area contributed by atoms with Crippen LogP contribution in [0.3, 0.4) is 0 Å². The van der Waals surface area contributed by atoms with Crippen molar-refractivity contribution in [2.75, 3.05) is 0 Å². The second-order valence-electron chi connectivity index (χ2n) is 5.13. The van der Waals surface area contributed by atoms with E-state index in [4.69, 9.17) is 5.11 Å². The van der Waals surface area contributed by atoms with Gasteiger partial charge in [0.25, 0.3) is 0 Å². The summed E-state index contributed by atoms with van der Waals surface area (Å²) < 4.78 is 13.8. The number of carbonyl (C=O) groups is 1. The Morgan fingerprint density at radius 3 is 2.18 bits per heavy atom. The first-order valence-electron chi connectivity index (χ1n) is 5.33. The van der Waals surface area contributed by atoms with Crippen molar-refractivity contribution in [3.05, 3.63) is 29.3 Å². The number of phenolic OH excluding ortho intramolecular Hbond substituents is 1. The van der Waals surface area contributed by atoms with E-state index in [1.54, 1.807) is 0 Å². The molecule has 2 N–H and O–H groups in total. The fourth-order valence-electron chi connectivity index (χ4n) is 1.52. The van der Waals surface area contributed by atoms with Crippen LogP contribution in [0.15, 0.2) is 18.2 Å². The summed E-state index contributed by atoms with van der Waals surface area (Å²) in [7, 11) is 0. The van der Waals surface area contributed by atoms with E-state index in [-0.39, 0.29) is 11.3 Å². The second kappa shape index (κ2) is 4.02. The number of benzene rings is 1. The minimum Gasteiger partial charge on any atom is -0.508 e. The number of carboxylic acid groups (broad SMARTS) is 1. The van der Waals surface area contributed by atoms with E-state index in [9.17, 15) is 14.3 Å². The number of rotatable bonds is 3. The number of carboxylic acids is 1. The van der Waals surface area contributed by atoms with Gasteiger partial charge >= 0.3 is 5.97 Å². The Balaban J connectivity index is 3.39. The molecular formula is C13H17FO3. The van der Waals surface area contributed by atoms with Crippen LogP contribution in [0.2, 0.25) is 0 Å². The van der Waals surface area contributed by atoms with E-state index in [0.717, 1.165) is 0 Å². The van der Waals surface area contributed by atoms with Crippen molar-refractivity contribution in [2.45, 2.75) is 38.8 Å². The summed E-state index contributed by atoms with van der Waals surface area (Å²) in [6.45, 7) is 5.71. The van der Waals surface area contributed by atoms with Gasteiger partial charge in [-0.05, 0) is 45.4 Å². The van der Waals surface area contributed by atoms with Crippen LogP contribution >= 0.6 is 0 Å². The number of aromatic hydroxyl groups is 1. The van der Waals surface area contributed by atoms with Gasteiger partial charge in [-0.15, -0.1) is 0 Å². The average molecular weight is 240 g/mol. The van der Waals surface area contributed by atoms with E-state index in [1.807, 2.05) is 0 Å². The summed E-state index contributed by atoms with van der Waals surface area (Å²) in [5.74, 6) is -1.20. The van der Waals surface area contributed by atoms with Gasteiger partial charge in [0.05, 0.1) is 5.41 Å². The summed E-state index contributed by atoms with van der Waals surface area (Å²) >= 11 is 0. The second-order valence-corrected chi connectivity index (χ2v) is 5.13. The monoisotopic (exact) mass is 240 g/mol. The number of halogens is 1. The molecule has 0 radical (unpaired) electrons. The lowest BCUT2D eigenvalue weighted by molar-refractivity contribution is -0.142. The van der Waals surface area contributed by atoms with Gasteiger partial charge in [-0.25, -0.2) is 4.39 Å². The van der Waals surface area contributed by atoms with Crippen LogP contribution in [0.1, 0.15) is 38.8 Å². The summed E-state index contributed by atoms with van der Waals surface area (Å²) in [5, 5.41) is 18.8. The zero-order chi connectivity index (χ0) is 13.4. The molecule has 0 heterocycles. The molecule has 0 spiro atoms. The molecule has 0 aliphatic heterocycles. The maximum absolute atomic E-state index is 13.8. The number of hydrogen-bond donors (Lipinski definition) is 2. The number of aliphatic carboxylic acids is 1. The lowest BCUT2D eigenvalue weighted by Crippen LogP contribution is -2.29. The van der Waals surface area contributed by atoms with E-state index >= 15 is 0 Å². The highest BCUT2D eigenvalue weighted by Crippen LogP contribution is 2.35. The molecule has 0 fully saturated rings. The number of alkyl halides is 1. The minimum absolute atomic E-state index is 0.134. The number of phenols is 1. The molecule has 0 aliphatic rings. The predicted molar refractivity (Wildman–Crippen MR) is 62.9 cm³/mol. The average Bonchev–Trinajstić information content (AvgIpc) is 2.15. The minimum atomic E-state index is -1.57. The molecule has 94 valence electrons. The molecule has 0 aliphatic carbocycles. The molecular weight excluding hydrogens is 223 g/mol. The maximum atomic E-state index is 13.8. The van der Waals surface area contributed by atoms with E-state index in [0.29, 0.717) is 5.56 Å². The van der Waals surface area contributed by atoms with Crippen molar-refractivity contribution < 1.29 is 19.4 Å². The molecule has 4 heteroatoms. The molecule has 0 unspecified atom stereocenters. The lowest BCUT2D eigenvalue weighted by atomic mass is 9.82. The Labute approximate surface area is 99.9 Å². The van der Waals surface area contributed by atoms with Crippen molar-refractivity contribution in [3.8, 4) is 5.75 Å². The summed E-state index contributed by atoms with van der Waals surface area (Å²) in [5.41, 5.74) is -2.27. The fraction of sp³-hybridized carbons (Fsp3) is 0.462. The van der Waals surface area contributed by atoms with Gasteiger partial charge in [-0.2, -0.15) is 0 Å². The van der Waals surface area contributed by atoms with Crippen molar-refractivity contribution >= 4 is 5.97 Å². The third kappa shape index (κ3) is 2.57. The molecule has 0 saturated heterocycles. The highest BCUT2D eigenvalue weighted by atomic mass is 19.1. The lowest BCUT2D eigenvalue weighted by Gasteiger charge is -2.23. The fourth-order valence-corrected chi connectivity index (χ4v) is 1.52. The van der Waals surface area contributed by atoms with Crippen LogP contribution < -0.4 is 0 Å². The van der Waals surface area contributed by atoms with Crippen LogP contribution in [0.25, 0.3) is 0 Å². The van der Waals surface area contributed by atoms with Crippen molar-refractivity contribution in [1.29, 1.82) is 0 Å². The molecule has 0 atom stereocenters. The van der Waals surface area contributed by atoms with Crippen LogP contribution in [-0.4, -0.2) is 16.2 Å². The SMILES string of the molecule is CC(C)(F)c1ccc(O)c(C(C)(C)C(=O)O)c1. The predicted octanol–water partition coefficient (Wildman–Crippen LogP) is 2.96. The molecule has 1 aromatic carbocycles. The quantitative estimate of drug-likeness (QED) is 0.854. The molecule has 0 amide bonds. The van der Waals surface area contributed by atoms with Gasteiger partial charge in [0.1, 0.15) is 11.4 Å². The van der Waals surface area contributed by atoms with E-state index < -0.39 is 17.1 Å². The van der Waals surface area contributed by atoms with Gasteiger partial charge in [-0.1, -0.05) is 6.07 Å². The molecule has 0 bridgehead atoms. The van der Waals surface area contributed by atoms with Gasteiger partial charge < -0.3 is 10.2 Å². The highest BCUT2D eigenvalue weighted by molar-refractivity contribution is 5.81. The topological polar surface area (TPSA) is 57.5 Å². The molecule has 17 heavy (non-hydrogen) atoms. The Hall–Kier alpha value is -1.58. The first-order valence-corrected chi connectivity index (χ1v) is 5.33. The molecule has 3 nitrogen and oxygen atoms in total. The summed E-state index contributed by atoms with van der Waals surface area (Å²) in [4.78, 5) is 11.1. The van der Waals surface area contributed by atoms with Crippen molar-refractivity contribution in [2.24, 2.45) is 0 Å². The zero-order valence-corrected chi connectivity index (χ0v) is 10.4. The van der Waals surface area contributed by atoms with Crippen LogP contribution in [-0.2, 0) is 15.9 Å². The van der Waals surface area contributed by atoms with Crippen LogP contribution in [0.5, 0.6) is 5.75 Å². The Kier molecular flexibility index (Phi) is 3.19. The van der Waals surface area contributed by atoms with Crippen molar-refractivity contribution in [3.63, 3.8) is 0 Å². The summed E-state index contributed by atoms with van der Waals surface area (Å²) in [6.07, 6.45) is 0. The zero-order valence-electron chi connectivity index (χ0n) is 10.4. The van der Waals surface area contributed by atoms with E-state index in [2.05, 4.69) is 0 Å². The molecule has 1 rings (SSSR count).